The lowest BCUT2D eigenvalue weighted by Crippen LogP contribution is -2.11. The molecule has 0 spiro atoms. The number of halogens is 3. The molecule has 0 bridgehead atoms. The summed E-state index contributed by atoms with van der Waals surface area (Å²) >= 11 is 14.7. The third-order valence-electron chi connectivity index (χ3n) is 1.99. The van der Waals surface area contributed by atoms with Gasteiger partial charge in [-0.2, -0.15) is 0 Å². The quantitative estimate of drug-likeness (QED) is 0.629. The zero-order valence-electron chi connectivity index (χ0n) is 8.60. The number of nitrogens with one attached hydrogen (secondary N) is 1. The summed E-state index contributed by atoms with van der Waals surface area (Å²) < 4.78 is 0.783. The molecule has 1 N–H and O–H groups in total. The van der Waals surface area contributed by atoms with Gasteiger partial charge in [0, 0.05) is 21.8 Å². The zero-order valence-corrected chi connectivity index (χ0v) is 11.7. The lowest BCUT2D eigenvalue weighted by molar-refractivity contribution is -0.116. The zero-order chi connectivity index (χ0) is 12.0. The van der Waals surface area contributed by atoms with E-state index >= 15 is 0 Å². The van der Waals surface area contributed by atoms with Gasteiger partial charge in [-0.15, -0.1) is 11.6 Å². The molecule has 1 aromatic rings. The Morgan fingerprint density at radius 2 is 2.12 bits per heavy atom. The van der Waals surface area contributed by atoms with Crippen LogP contribution in [0.25, 0.3) is 0 Å². The Balaban J connectivity index is 2.49. The molecule has 2 nitrogen and oxygen atoms in total. The fourth-order valence-corrected chi connectivity index (χ4v) is 2.15. The number of unbranched alkanes of at least 4 members (excludes halogenated alkanes) is 1. The second-order valence-electron chi connectivity index (χ2n) is 3.32. The molecule has 0 atom stereocenters. The van der Waals surface area contributed by atoms with Crippen molar-refractivity contribution < 1.29 is 4.79 Å². The number of carbonyl (C=O) groups excluding carboxylic acids is 1. The minimum atomic E-state index is -0.00635. The molecule has 0 unspecified atom stereocenters. The fourth-order valence-electron chi connectivity index (χ4n) is 1.18. The molecule has 1 aromatic carbocycles. The number of amides is 1. The first-order chi connectivity index (χ1) is 7.63. The number of anilines is 1. The van der Waals surface area contributed by atoms with E-state index in [9.17, 15) is 4.79 Å². The van der Waals surface area contributed by atoms with E-state index in [4.69, 9.17) is 23.2 Å². The van der Waals surface area contributed by atoms with Crippen LogP contribution >= 0.6 is 39.1 Å². The maximum Gasteiger partial charge on any atom is 0.224 e. The third-order valence-corrected chi connectivity index (χ3v) is 3.15. The normalized spacial score (nSPS) is 10.2. The van der Waals surface area contributed by atoms with Crippen LogP contribution in [-0.4, -0.2) is 11.8 Å². The Morgan fingerprint density at radius 3 is 2.75 bits per heavy atom. The minimum Gasteiger partial charge on any atom is -0.325 e. The Kier molecular flexibility index (Phi) is 6.17. The van der Waals surface area contributed by atoms with E-state index in [1.807, 2.05) is 0 Å². The standard InChI is InChI=1S/C11H12BrCl2NO/c12-9-7-8(14)4-5-10(9)15-11(16)3-1-2-6-13/h4-5,7H,1-3,6H2,(H,15,16). The van der Waals surface area contributed by atoms with Crippen LogP contribution < -0.4 is 5.32 Å². The molecular formula is C11H12BrCl2NO. The van der Waals surface area contributed by atoms with E-state index in [-0.39, 0.29) is 5.91 Å². The van der Waals surface area contributed by atoms with Gasteiger partial charge in [-0.3, -0.25) is 4.79 Å². The van der Waals surface area contributed by atoms with Crippen molar-refractivity contribution in [1.29, 1.82) is 0 Å². The molecule has 0 saturated heterocycles. The largest absolute Gasteiger partial charge is 0.325 e. The van der Waals surface area contributed by atoms with Crippen LogP contribution in [0.2, 0.25) is 5.02 Å². The second-order valence-corrected chi connectivity index (χ2v) is 4.99. The molecule has 0 aliphatic rings. The first-order valence-electron chi connectivity index (χ1n) is 4.94. The highest BCUT2D eigenvalue weighted by Gasteiger charge is 2.05. The summed E-state index contributed by atoms with van der Waals surface area (Å²) in [5.41, 5.74) is 0.736. The lowest BCUT2D eigenvalue weighted by Gasteiger charge is -2.07. The van der Waals surface area contributed by atoms with Crippen molar-refractivity contribution in [3.05, 3.63) is 27.7 Å². The third kappa shape index (κ3) is 4.73. The van der Waals surface area contributed by atoms with Crippen molar-refractivity contribution in [3.63, 3.8) is 0 Å². The molecule has 0 aliphatic carbocycles. The van der Waals surface area contributed by atoms with Gasteiger partial charge in [-0.1, -0.05) is 11.6 Å². The van der Waals surface area contributed by atoms with Gasteiger partial charge in [-0.25, -0.2) is 0 Å². The van der Waals surface area contributed by atoms with Gasteiger partial charge in [0.2, 0.25) is 5.91 Å². The molecule has 0 fully saturated rings. The van der Waals surface area contributed by atoms with Gasteiger partial charge < -0.3 is 5.32 Å². The van der Waals surface area contributed by atoms with Crippen molar-refractivity contribution in [2.75, 3.05) is 11.2 Å². The summed E-state index contributed by atoms with van der Waals surface area (Å²) in [7, 11) is 0. The highest BCUT2D eigenvalue weighted by molar-refractivity contribution is 9.10. The summed E-state index contributed by atoms with van der Waals surface area (Å²) in [4.78, 5) is 11.5. The molecule has 16 heavy (non-hydrogen) atoms. The second kappa shape index (κ2) is 7.15. The summed E-state index contributed by atoms with van der Waals surface area (Å²) in [6.07, 6.45) is 2.15. The van der Waals surface area contributed by atoms with Crippen LogP contribution in [0.5, 0.6) is 0 Å². The molecule has 5 heteroatoms. The number of benzene rings is 1. The molecule has 1 amide bonds. The van der Waals surface area contributed by atoms with Crippen LogP contribution in [0.4, 0.5) is 5.69 Å². The molecule has 0 heterocycles. The van der Waals surface area contributed by atoms with E-state index in [2.05, 4.69) is 21.2 Å². The highest BCUT2D eigenvalue weighted by Crippen LogP contribution is 2.25. The van der Waals surface area contributed by atoms with Crippen LogP contribution in [0.3, 0.4) is 0 Å². The maximum atomic E-state index is 11.5. The molecule has 88 valence electrons. The molecule has 1 rings (SSSR count). The number of hydrogen-bond acceptors (Lipinski definition) is 1. The van der Waals surface area contributed by atoms with E-state index in [1.54, 1.807) is 18.2 Å². The van der Waals surface area contributed by atoms with Crippen molar-refractivity contribution in [2.45, 2.75) is 19.3 Å². The summed E-state index contributed by atoms with van der Waals surface area (Å²) in [5.74, 6) is 0.589. The Bertz CT molecular complexity index is 371. The van der Waals surface area contributed by atoms with Crippen molar-refractivity contribution in [3.8, 4) is 0 Å². The van der Waals surface area contributed by atoms with Crippen molar-refractivity contribution in [1.82, 2.24) is 0 Å². The first kappa shape index (κ1) is 13.8. The summed E-state index contributed by atoms with van der Waals surface area (Å²) in [6, 6.07) is 5.25. The molecular weight excluding hydrogens is 313 g/mol. The minimum absolute atomic E-state index is 0.00635. The maximum absolute atomic E-state index is 11.5. The number of rotatable bonds is 5. The van der Waals surface area contributed by atoms with Crippen LogP contribution in [-0.2, 0) is 4.79 Å². The van der Waals surface area contributed by atoms with E-state index in [0.29, 0.717) is 17.3 Å². The smallest absolute Gasteiger partial charge is 0.224 e. The molecule has 0 aromatic heterocycles. The van der Waals surface area contributed by atoms with Gasteiger partial charge in [0.25, 0.3) is 0 Å². The van der Waals surface area contributed by atoms with Crippen LogP contribution in [0.15, 0.2) is 22.7 Å². The highest BCUT2D eigenvalue weighted by atomic mass is 79.9. The van der Waals surface area contributed by atoms with Gasteiger partial charge >= 0.3 is 0 Å². The van der Waals surface area contributed by atoms with Crippen LogP contribution in [0.1, 0.15) is 19.3 Å². The van der Waals surface area contributed by atoms with E-state index < -0.39 is 0 Å². The first-order valence-corrected chi connectivity index (χ1v) is 6.65. The molecule has 0 radical (unpaired) electrons. The van der Waals surface area contributed by atoms with Crippen LogP contribution in [0, 0.1) is 0 Å². The van der Waals surface area contributed by atoms with Gasteiger partial charge in [-0.05, 0) is 47.0 Å². The molecule has 0 saturated carbocycles. The number of hydrogen-bond donors (Lipinski definition) is 1. The molecule has 0 aliphatic heterocycles. The Hall–Kier alpha value is -0.250. The van der Waals surface area contributed by atoms with Gasteiger partial charge in [0.1, 0.15) is 0 Å². The predicted octanol–water partition coefficient (Wildman–Crippen LogP) is 4.45. The van der Waals surface area contributed by atoms with Crippen molar-refractivity contribution in [2.24, 2.45) is 0 Å². The monoisotopic (exact) mass is 323 g/mol. The van der Waals surface area contributed by atoms with Gasteiger partial charge in [0.15, 0.2) is 0 Å². The predicted molar refractivity (Wildman–Crippen MR) is 72.4 cm³/mol. The van der Waals surface area contributed by atoms with Gasteiger partial charge in [0.05, 0.1) is 5.69 Å². The Labute approximate surface area is 113 Å². The van der Waals surface area contributed by atoms with Crippen molar-refractivity contribution >= 4 is 50.7 Å². The van der Waals surface area contributed by atoms with E-state index in [0.717, 1.165) is 23.0 Å². The lowest BCUT2D eigenvalue weighted by atomic mass is 10.2. The SMILES string of the molecule is O=C(CCCCCl)Nc1ccc(Cl)cc1Br. The summed E-state index contributed by atoms with van der Waals surface area (Å²) in [5, 5.41) is 3.44. The topological polar surface area (TPSA) is 29.1 Å². The Morgan fingerprint density at radius 1 is 1.38 bits per heavy atom. The summed E-state index contributed by atoms with van der Waals surface area (Å²) in [6.45, 7) is 0. The number of alkyl halides is 1. The fraction of sp³-hybridized carbons (Fsp3) is 0.364. The van der Waals surface area contributed by atoms with E-state index in [1.165, 1.54) is 0 Å². The average Bonchev–Trinajstić information content (AvgIpc) is 2.23. The number of carbonyl (C=O) groups is 1. The average molecular weight is 325 g/mol.